The van der Waals surface area contributed by atoms with Crippen LogP contribution >= 0.6 is 0 Å². The van der Waals surface area contributed by atoms with Crippen molar-refractivity contribution in [2.24, 2.45) is 5.92 Å². The van der Waals surface area contributed by atoms with Gasteiger partial charge in [-0.05, 0) is 36.6 Å². The zero-order valence-electron chi connectivity index (χ0n) is 14.9. The highest BCUT2D eigenvalue weighted by Gasteiger charge is 2.36. The molecule has 1 N–H and O–H groups in total. The third-order valence-corrected chi connectivity index (χ3v) is 3.20. The van der Waals surface area contributed by atoms with Gasteiger partial charge in [0.1, 0.15) is 11.3 Å². The van der Waals surface area contributed by atoms with Gasteiger partial charge in [-0.25, -0.2) is 4.98 Å². The normalized spacial score (nSPS) is 11.5. The number of benzene rings is 1. The zero-order chi connectivity index (χ0) is 19.2. The van der Waals surface area contributed by atoms with Crippen LogP contribution in [0.3, 0.4) is 0 Å². The van der Waals surface area contributed by atoms with E-state index in [9.17, 15) is 13.2 Å². The third kappa shape index (κ3) is 5.79. The Kier molecular flexibility index (Phi) is 6.65. The predicted molar refractivity (Wildman–Crippen MR) is 92.9 cm³/mol. The lowest BCUT2D eigenvalue weighted by atomic mass is 10.2. The summed E-state index contributed by atoms with van der Waals surface area (Å²) in [5, 5.41) is 2.87. The quantitative estimate of drug-likeness (QED) is 0.705. The molecule has 0 saturated heterocycles. The van der Waals surface area contributed by atoms with Gasteiger partial charge in [-0.15, -0.1) is 0 Å². The Balaban J connectivity index is 2.13. The van der Waals surface area contributed by atoms with E-state index in [2.05, 4.69) is 29.1 Å². The fraction of sp³-hybridized carbons (Fsp3) is 0.444. The van der Waals surface area contributed by atoms with E-state index >= 15 is 0 Å². The van der Waals surface area contributed by atoms with Gasteiger partial charge in [0, 0.05) is 11.9 Å². The van der Waals surface area contributed by atoms with Crippen molar-refractivity contribution in [1.29, 1.82) is 0 Å². The van der Waals surface area contributed by atoms with Crippen LogP contribution in [0.25, 0.3) is 0 Å². The molecule has 0 amide bonds. The van der Waals surface area contributed by atoms with Crippen LogP contribution in [0.2, 0.25) is 0 Å². The second-order valence-electron chi connectivity index (χ2n) is 6.11. The number of aromatic nitrogens is 2. The van der Waals surface area contributed by atoms with Crippen LogP contribution in [0, 0.1) is 5.92 Å². The Morgan fingerprint density at radius 1 is 1.12 bits per heavy atom. The second kappa shape index (κ2) is 8.73. The molecule has 1 aromatic heterocycles. The van der Waals surface area contributed by atoms with Crippen molar-refractivity contribution < 1.29 is 22.6 Å². The average Bonchev–Trinajstić information content (AvgIpc) is 2.58. The summed E-state index contributed by atoms with van der Waals surface area (Å²) in [6.07, 6.45) is -3.28. The number of anilines is 2. The maximum Gasteiger partial charge on any atom is 0.423 e. The van der Waals surface area contributed by atoms with Gasteiger partial charge < -0.3 is 14.8 Å². The standard InChI is InChI=1S/C18H22F3N3O2/c1-4-9-25-16-15(18(19,20)21)10-22-17(24-16)23-13-5-7-14(8-6-13)26-11-12(2)3/h5-8,10,12H,4,9,11H2,1-3H3,(H,22,23,24). The molecule has 0 radical (unpaired) electrons. The minimum absolute atomic E-state index is 0.0277. The van der Waals surface area contributed by atoms with Crippen molar-refractivity contribution in [2.75, 3.05) is 18.5 Å². The first kappa shape index (κ1) is 19.8. The second-order valence-corrected chi connectivity index (χ2v) is 6.11. The summed E-state index contributed by atoms with van der Waals surface area (Å²) in [6, 6.07) is 7.01. The lowest BCUT2D eigenvalue weighted by Crippen LogP contribution is -2.12. The first-order valence-electron chi connectivity index (χ1n) is 8.36. The van der Waals surface area contributed by atoms with Crippen LogP contribution in [0.15, 0.2) is 30.5 Å². The summed E-state index contributed by atoms with van der Waals surface area (Å²) < 4.78 is 49.8. The van der Waals surface area contributed by atoms with Crippen LogP contribution in [0.1, 0.15) is 32.8 Å². The van der Waals surface area contributed by atoms with Crippen LogP contribution < -0.4 is 14.8 Å². The Morgan fingerprint density at radius 3 is 2.38 bits per heavy atom. The number of hydrogen-bond acceptors (Lipinski definition) is 5. The molecule has 0 atom stereocenters. The highest BCUT2D eigenvalue weighted by Crippen LogP contribution is 2.35. The molecule has 0 saturated carbocycles. The number of ether oxygens (including phenoxy) is 2. The van der Waals surface area contributed by atoms with Crippen molar-refractivity contribution in [1.82, 2.24) is 9.97 Å². The minimum Gasteiger partial charge on any atom is -0.493 e. The van der Waals surface area contributed by atoms with E-state index in [4.69, 9.17) is 9.47 Å². The molecule has 0 spiro atoms. The Labute approximate surface area is 150 Å². The average molecular weight is 369 g/mol. The Morgan fingerprint density at radius 2 is 1.81 bits per heavy atom. The number of halogens is 3. The molecule has 26 heavy (non-hydrogen) atoms. The highest BCUT2D eigenvalue weighted by molar-refractivity contribution is 5.55. The molecule has 5 nitrogen and oxygen atoms in total. The summed E-state index contributed by atoms with van der Waals surface area (Å²) in [7, 11) is 0. The van der Waals surface area contributed by atoms with E-state index in [1.807, 2.05) is 0 Å². The first-order chi connectivity index (χ1) is 12.3. The van der Waals surface area contributed by atoms with Gasteiger partial charge in [0.05, 0.1) is 13.2 Å². The molecular weight excluding hydrogens is 347 g/mol. The van der Waals surface area contributed by atoms with E-state index in [0.29, 0.717) is 30.4 Å². The molecule has 142 valence electrons. The summed E-state index contributed by atoms with van der Waals surface area (Å²) in [5.74, 6) is 0.674. The summed E-state index contributed by atoms with van der Waals surface area (Å²) in [6.45, 7) is 6.65. The zero-order valence-corrected chi connectivity index (χ0v) is 14.9. The molecule has 8 heteroatoms. The van der Waals surface area contributed by atoms with Crippen molar-refractivity contribution in [2.45, 2.75) is 33.4 Å². The predicted octanol–water partition coefficient (Wildman–Crippen LogP) is 5.06. The summed E-state index contributed by atoms with van der Waals surface area (Å²) in [5.41, 5.74) is -0.364. The van der Waals surface area contributed by atoms with E-state index in [-0.39, 0.29) is 12.6 Å². The Hall–Kier alpha value is -2.51. The molecule has 0 aliphatic heterocycles. The smallest absolute Gasteiger partial charge is 0.423 e. The minimum atomic E-state index is -4.57. The largest absolute Gasteiger partial charge is 0.493 e. The summed E-state index contributed by atoms with van der Waals surface area (Å²) >= 11 is 0. The van der Waals surface area contributed by atoms with Crippen molar-refractivity contribution in [3.63, 3.8) is 0 Å². The highest BCUT2D eigenvalue weighted by atomic mass is 19.4. The molecule has 1 aromatic carbocycles. The van der Waals surface area contributed by atoms with Gasteiger partial charge in [0.25, 0.3) is 0 Å². The van der Waals surface area contributed by atoms with Crippen LogP contribution in [0.4, 0.5) is 24.8 Å². The van der Waals surface area contributed by atoms with Gasteiger partial charge in [-0.3, -0.25) is 0 Å². The molecule has 2 rings (SSSR count). The number of nitrogens with zero attached hydrogens (tertiary/aromatic N) is 2. The molecule has 1 heterocycles. The van der Waals surface area contributed by atoms with E-state index in [0.717, 1.165) is 6.20 Å². The molecular formula is C18H22F3N3O2. The van der Waals surface area contributed by atoms with Crippen molar-refractivity contribution >= 4 is 11.6 Å². The molecule has 0 fully saturated rings. The maximum atomic E-state index is 13.0. The summed E-state index contributed by atoms with van der Waals surface area (Å²) in [4.78, 5) is 7.60. The molecule has 0 bridgehead atoms. The van der Waals surface area contributed by atoms with Crippen LogP contribution in [0.5, 0.6) is 11.6 Å². The van der Waals surface area contributed by atoms with E-state index < -0.39 is 17.6 Å². The van der Waals surface area contributed by atoms with Gasteiger partial charge in [-0.1, -0.05) is 20.8 Å². The Bertz CT molecular complexity index is 704. The lowest BCUT2D eigenvalue weighted by molar-refractivity contribution is -0.139. The molecule has 0 unspecified atom stereocenters. The third-order valence-electron chi connectivity index (χ3n) is 3.20. The lowest BCUT2D eigenvalue weighted by Gasteiger charge is -2.14. The van der Waals surface area contributed by atoms with E-state index in [1.165, 1.54) is 0 Å². The first-order valence-corrected chi connectivity index (χ1v) is 8.36. The van der Waals surface area contributed by atoms with E-state index in [1.54, 1.807) is 31.2 Å². The fourth-order valence-electron chi connectivity index (χ4n) is 1.96. The van der Waals surface area contributed by atoms with Gasteiger partial charge in [0.2, 0.25) is 11.8 Å². The molecule has 2 aromatic rings. The van der Waals surface area contributed by atoms with Gasteiger partial charge in [-0.2, -0.15) is 18.2 Å². The van der Waals surface area contributed by atoms with Crippen molar-refractivity contribution in [3.8, 4) is 11.6 Å². The fourth-order valence-corrected chi connectivity index (χ4v) is 1.96. The van der Waals surface area contributed by atoms with Crippen LogP contribution in [-0.4, -0.2) is 23.2 Å². The maximum absolute atomic E-state index is 13.0. The number of nitrogens with one attached hydrogen (secondary N) is 1. The SMILES string of the molecule is CCCOc1nc(Nc2ccc(OCC(C)C)cc2)ncc1C(F)(F)F. The van der Waals surface area contributed by atoms with Crippen molar-refractivity contribution in [3.05, 3.63) is 36.0 Å². The molecule has 0 aliphatic carbocycles. The number of hydrogen-bond donors (Lipinski definition) is 1. The van der Waals surface area contributed by atoms with Gasteiger partial charge in [0.15, 0.2) is 0 Å². The number of rotatable bonds is 8. The van der Waals surface area contributed by atoms with Gasteiger partial charge >= 0.3 is 6.18 Å². The number of alkyl halides is 3. The van der Waals surface area contributed by atoms with Crippen LogP contribution in [-0.2, 0) is 6.18 Å². The monoisotopic (exact) mass is 369 g/mol. The topological polar surface area (TPSA) is 56.3 Å². The molecule has 0 aliphatic rings.